The third kappa shape index (κ3) is 2.27. The van der Waals surface area contributed by atoms with Crippen molar-refractivity contribution >= 4 is 5.69 Å². The molecule has 0 saturated carbocycles. The van der Waals surface area contributed by atoms with E-state index in [4.69, 9.17) is 11.0 Å². The van der Waals surface area contributed by atoms with Gasteiger partial charge in [-0.3, -0.25) is 4.90 Å². The van der Waals surface area contributed by atoms with Crippen molar-refractivity contribution in [3.8, 4) is 6.07 Å². The van der Waals surface area contributed by atoms with Gasteiger partial charge in [0.15, 0.2) is 0 Å². The fourth-order valence-electron chi connectivity index (χ4n) is 2.62. The highest BCUT2D eigenvalue weighted by Crippen LogP contribution is 2.37. The Morgan fingerprint density at radius 2 is 2.35 bits per heavy atom. The molecule has 1 aromatic carbocycles. The van der Waals surface area contributed by atoms with Gasteiger partial charge in [0.2, 0.25) is 0 Å². The number of fused-ring (bicyclic) bond motifs is 1. The maximum absolute atomic E-state index is 8.77. The van der Waals surface area contributed by atoms with E-state index in [0.29, 0.717) is 18.5 Å². The molecule has 17 heavy (non-hydrogen) atoms. The van der Waals surface area contributed by atoms with Crippen LogP contribution in [0.2, 0.25) is 0 Å². The molecule has 0 aromatic heterocycles. The van der Waals surface area contributed by atoms with Gasteiger partial charge in [0, 0.05) is 17.8 Å². The van der Waals surface area contributed by atoms with Crippen molar-refractivity contribution in [2.24, 2.45) is 0 Å². The highest BCUT2D eigenvalue weighted by Gasteiger charge is 2.28. The van der Waals surface area contributed by atoms with E-state index < -0.39 is 0 Å². The first kappa shape index (κ1) is 11.9. The summed E-state index contributed by atoms with van der Waals surface area (Å²) in [5, 5.41) is 8.77. The third-order valence-electron chi connectivity index (χ3n) is 3.79. The van der Waals surface area contributed by atoms with Crippen LogP contribution in [-0.4, -0.2) is 18.0 Å². The van der Waals surface area contributed by atoms with Crippen LogP contribution in [0.3, 0.4) is 0 Å². The van der Waals surface area contributed by atoms with Gasteiger partial charge in [-0.15, -0.1) is 0 Å². The molecule has 0 radical (unpaired) electrons. The van der Waals surface area contributed by atoms with E-state index in [1.807, 2.05) is 6.07 Å². The average Bonchev–Trinajstić information content (AvgIpc) is 2.71. The van der Waals surface area contributed by atoms with E-state index in [9.17, 15) is 0 Å². The summed E-state index contributed by atoms with van der Waals surface area (Å²) < 4.78 is 0. The lowest BCUT2D eigenvalue weighted by molar-refractivity contribution is 0.186. The van der Waals surface area contributed by atoms with Gasteiger partial charge in [-0.05, 0) is 50.1 Å². The van der Waals surface area contributed by atoms with E-state index in [1.165, 1.54) is 11.1 Å². The smallest absolute Gasteiger partial charge is 0.0638 e. The summed E-state index contributed by atoms with van der Waals surface area (Å²) in [6.45, 7) is 2.11. The second-order valence-electron chi connectivity index (χ2n) is 4.89. The summed E-state index contributed by atoms with van der Waals surface area (Å²) in [5.74, 6) is 0. The molecule has 2 unspecified atom stereocenters. The van der Waals surface area contributed by atoms with E-state index in [1.54, 1.807) is 0 Å². The molecule has 3 heteroatoms. The Hall–Kier alpha value is -1.53. The summed E-state index contributed by atoms with van der Waals surface area (Å²) in [4.78, 5) is 2.31. The Morgan fingerprint density at radius 1 is 1.59 bits per heavy atom. The number of aryl methyl sites for hydroxylation is 1. The zero-order valence-electron chi connectivity index (χ0n) is 10.5. The van der Waals surface area contributed by atoms with Gasteiger partial charge in [-0.1, -0.05) is 6.07 Å². The lowest BCUT2D eigenvalue weighted by Gasteiger charge is -2.30. The van der Waals surface area contributed by atoms with Crippen LogP contribution in [0.15, 0.2) is 18.2 Å². The van der Waals surface area contributed by atoms with E-state index in [0.717, 1.165) is 18.5 Å². The first-order valence-electron chi connectivity index (χ1n) is 6.10. The van der Waals surface area contributed by atoms with Crippen LogP contribution in [0.4, 0.5) is 5.69 Å². The molecule has 1 aliphatic rings. The number of rotatable bonds is 3. The number of nitriles is 1. The van der Waals surface area contributed by atoms with Gasteiger partial charge in [-0.25, -0.2) is 0 Å². The molecular weight excluding hydrogens is 210 g/mol. The van der Waals surface area contributed by atoms with Crippen LogP contribution < -0.4 is 5.73 Å². The molecule has 0 spiro atoms. The number of benzene rings is 1. The fourth-order valence-corrected chi connectivity index (χ4v) is 2.62. The van der Waals surface area contributed by atoms with Gasteiger partial charge in [0.1, 0.15) is 0 Å². The van der Waals surface area contributed by atoms with Crippen LogP contribution in [0.25, 0.3) is 0 Å². The Bertz CT molecular complexity index is 447. The lowest BCUT2D eigenvalue weighted by atomic mass is 10.0. The second-order valence-corrected chi connectivity index (χ2v) is 4.89. The molecule has 0 heterocycles. The van der Waals surface area contributed by atoms with Gasteiger partial charge in [-0.2, -0.15) is 5.26 Å². The van der Waals surface area contributed by atoms with Crippen LogP contribution in [0.1, 0.15) is 36.9 Å². The minimum Gasteiger partial charge on any atom is -0.399 e. The zero-order valence-corrected chi connectivity index (χ0v) is 10.5. The molecule has 0 aliphatic heterocycles. The molecule has 2 atom stereocenters. The van der Waals surface area contributed by atoms with Crippen molar-refractivity contribution in [1.29, 1.82) is 5.26 Å². The number of hydrogen-bond acceptors (Lipinski definition) is 3. The first-order chi connectivity index (χ1) is 8.13. The number of anilines is 1. The molecule has 90 valence electrons. The van der Waals surface area contributed by atoms with Crippen LogP contribution >= 0.6 is 0 Å². The summed E-state index contributed by atoms with van der Waals surface area (Å²) >= 11 is 0. The summed E-state index contributed by atoms with van der Waals surface area (Å²) in [6, 6.07) is 9.17. The highest BCUT2D eigenvalue weighted by atomic mass is 15.2. The summed E-state index contributed by atoms with van der Waals surface area (Å²) in [6.07, 6.45) is 2.80. The van der Waals surface area contributed by atoms with Crippen molar-refractivity contribution in [3.05, 3.63) is 29.3 Å². The van der Waals surface area contributed by atoms with Crippen LogP contribution in [0, 0.1) is 11.3 Å². The molecule has 3 nitrogen and oxygen atoms in total. The molecule has 1 aliphatic carbocycles. The van der Waals surface area contributed by atoms with Crippen molar-refractivity contribution in [1.82, 2.24) is 4.90 Å². The van der Waals surface area contributed by atoms with Crippen LogP contribution in [-0.2, 0) is 6.42 Å². The number of hydrogen-bond donors (Lipinski definition) is 1. The Balaban J connectivity index is 2.19. The number of nitrogens with zero attached hydrogens (tertiary/aromatic N) is 2. The van der Waals surface area contributed by atoms with Gasteiger partial charge < -0.3 is 5.73 Å². The molecule has 2 rings (SSSR count). The van der Waals surface area contributed by atoms with E-state index in [-0.39, 0.29) is 0 Å². The van der Waals surface area contributed by atoms with Crippen LogP contribution in [0.5, 0.6) is 0 Å². The lowest BCUT2D eigenvalue weighted by Crippen LogP contribution is -2.31. The standard InChI is InChI=1S/C14H19N3/c1-10(7-8-15)17(2)14-6-3-11-9-12(16)4-5-13(11)14/h4-5,9-10,14H,3,6-7,16H2,1-2H3. The molecule has 1 aromatic rings. The van der Waals surface area contributed by atoms with Crippen molar-refractivity contribution < 1.29 is 0 Å². The van der Waals surface area contributed by atoms with E-state index in [2.05, 4.69) is 37.1 Å². The monoisotopic (exact) mass is 229 g/mol. The topological polar surface area (TPSA) is 53.0 Å². The Labute approximate surface area is 103 Å². The molecule has 0 saturated heterocycles. The third-order valence-corrected chi connectivity index (χ3v) is 3.79. The van der Waals surface area contributed by atoms with Gasteiger partial charge in [0.25, 0.3) is 0 Å². The van der Waals surface area contributed by atoms with Crippen molar-refractivity contribution in [2.45, 2.75) is 38.3 Å². The average molecular weight is 229 g/mol. The predicted octanol–water partition coefficient (Wildman–Crippen LogP) is 2.49. The van der Waals surface area contributed by atoms with Gasteiger partial charge >= 0.3 is 0 Å². The van der Waals surface area contributed by atoms with Gasteiger partial charge in [0.05, 0.1) is 12.5 Å². The molecule has 0 fully saturated rings. The quantitative estimate of drug-likeness (QED) is 0.810. The minimum atomic E-state index is 0.300. The maximum atomic E-state index is 8.77. The minimum absolute atomic E-state index is 0.300. The predicted molar refractivity (Wildman–Crippen MR) is 69.4 cm³/mol. The largest absolute Gasteiger partial charge is 0.399 e. The molecule has 2 N–H and O–H groups in total. The Morgan fingerprint density at radius 3 is 3.06 bits per heavy atom. The highest BCUT2D eigenvalue weighted by molar-refractivity contribution is 5.47. The van der Waals surface area contributed by atoms with E-state index >= 15 is 0 Å². The second kappa shape index (κ2) is 4.77. The molecular formula is C14H19N3. The Kier molecular flexibility index (Phi) is 3.35. The number of nitrogens with two attached hydrogens (primary N) is 1. The fraction of sp³-hybridized carbons (Fsp3) is 0.500. The molecule has 0 bridgehead atoms. The molecule has 0 amide bonds. The summed E-state index contributed by atoms with van der Waals surface area (Å²) in [5.41, 5.74) is 9.40. The first-order valence-corrected chi connectivity index (χ1v) is 6.10. The normalized spacial score (nSPS) is 20.0. The van der Waals surface area contributed by atoms with Crippen molar-refractivity contribution in [2.75, 3.05) is 12.8 Å². The zero-order chi connectivity index (χ0) is 12.4. The number of nitrogen functional groups attached to an aromatic ring is 1. The summed E-state index contributed by atoms with van der Waals surface area (Å²) in [7, 11) is 2.11. The van der Waals surface area contributed by atoms with Crippen molar-refractivity contribution in [3.63, 3.8) is 0 Å². The SMILES string of the molecule is CC(CC#N)N(C)C1CCc2cc(N)ccc21. The maximum Gasteiger partial charge on any atom is 0.0638 e.